The van der Waals surface area contributed by atoms with E-state index in [-0.39, 0.29) is 11.9 Å². The highest BCUT2D eigenvalue weighted by atomic mass is 19.1. The maximum Gasteiger partial charge on any atom is 0.188 e. The van der Waals surface area contributed by atoms with E-state index in [9.17, 15) is 4.39 Å². The number of rotatable bonds is 4. The summed E-state index contributed by atoms with van der Waals surface area (Å²) in [5.41, 5.74) is 0.884. The Balaban J connectivity index is 1.36. The highest BCUT2D eigenvalue weighted by Gasteiger charge is 2.20. The monoisotopic (exact) mass is 377 g/mol. The van der Waals surface area contributed by atoms with E-state index in [4.69, 9.17) is 9.47 Å². The van der Waals surface area contributed by atoms with Crippen LogP contribution in [0.5, 0.6) is 11.5 Å². The van der Waals surface area contributed by atoms with Gasteiger partial charge in [0.2, 0.25) is 0 Å². The molecule has 0 amide bonds. The van der Waals surface area contributed by atoms with Crippen LogP contribution in [0.2, 0.25) is 0 Å². The number of halogens is 1. The third-order valence-electron chi connectivity index (χ3n) is 4.46. The molecule has 0 saturated heterocycles. The van der Waals surface area contributed by atoms with Crippen LogP contribution in [0.1, 0.15) is 0 Å². The number of nitrogens with zero attached hydrogens (tertiary/aromatic N) is 4. The van der Waals surface area contributed by atoms with Crippen LogP contribution in [0.15, 0.2) is 60.7 Å². The van der Waals surface area contributed by atoms with E-state index < -0.39 is 0 Å². The number of aromatic nitrogens is 4. The molecule has 2 aromatic carbocycles. The molecule has 3 heterocycles. The second kappa shape index (κ2) is 6.80. The first-order chi connectivity index (χ1) is 13.8. The quantitative estimate of drug-likeness (QED) is 0.589. The lowest BCUT2D eigenvalue weighted by molar-refractivity contribution is 0.0997. The fourth-order valence-electron chi connectivity index (χ4n) is 3.08. The van der Waals surface area contributed by atoms with E-state index in [1.165, 1.54) is 10.6 Å². The van der Waals surface area contributed by atoms with Crippen LogP contribution in [0.25, 0.3) is 17.0 Å². The molecule has 0 radical (unpaired) electrons. The van der Waals surface area contributed by atoms with Crippen molar-refractivity contribution in [3.05, 3.63) is 66.5 Å². The molecular weight excluding hydrogens is 361 g/mol. The molecular formula is C20H16FN5O2. The molecule has 1 aliphatic heterocycles. The van der Waals surface area contributed by atoms with Gasteiger partial charge in [0.15, 0.2) is 23.0 Å². The Morgan fingerprint density at radius 2 is 1.82 bits per heavy atom. The van der Waals surface area contributed by atoms with Crippen LogP contribution >= 0.6 is 0 Å². The van der Waals surface area contributed by atoms with Crippen LogP contribution in [-0.4, -0.2) is 39.1 Å². The summed E-state index contributed by atoms with van der Waals surface area (Å²) in [5, 5.41) is 15.9. The minimum absolute atomic E-state index is 0.153. The van der Waals surface area contributed by atoms with Crippen LogP contribution in [0.4, 0.5) is 10.2 Å². The molecule has 2 aromatic heterocycles. The molecule has 4 aromatic rings. The lowest BCUT2D eigenvalue weighted by Crippen LogP contribution is -2.35. The molecule has 0 bridgehead atoms. The van der Waals surface area contributed by atoms with Gasteiger partial charge in [0.05, 0.1) is 12.1 Å². The fraction of sp³-hybridized carbons (Fsp3) is 0.150. The largest absolute Gasteiger partial charge is 0.486 e. The van der Waals surface area contributed by atoms with Crippen molar-refractivity contribution in [2.75, 3.05) is 18.5 Å². The van der Waals surface area contributed by atoms with Gasteiger partial charge in [-0.25, -0.2) is 4.39 Å². The van der Waals surface area contributed by atoms with Gasteiger partial charge in [0, 0.05) is 0 Å². The van der Waals surface area contributed by atoms with Gasteiger partial charge in [0.25, 0.3) is 0 Å². The van der Waals surface area contributed by atoms with Crippen LogP contribution in [-0.2, 0) is 0 Å². The number of nitrogens with one attached hydrogen (secondary N) is 1. The van der Waals surface area contributed by atoms with E-state index in [1.807, 2.05) is 24.3 Å². The number of fused-ring (bicyclic) bond motifs is 2. The van der Waals surface area contributed by atoms with E-state index in [1.54, 1.807) is 30.3 Å². The summed E-state index contributed by atoms with van der Waals surface area (Å²) in [7, 11) is 0. The Morgan fingerprint density at radius 1 is 1.00 bits per heavy atom. The molecule has 1 aliphatic rings. The van der Waals surface area contributed by atoms with Crippen molar-refractivity contribution in [3.8, 4) is 22.9 Å². The second-order valence-electron chi connectivity index (χ2n) is 6.37. The maximum atomic E-state index is 14.1. The van der Waals surface area contributed by atoms with Gasteiger partial charge < -0.3 is 14.8 Å². The third kappa shape index (κ3) is 2.98. The number of ether oxygens (including phenoxy) is 2. The average molecular weight is 377 g/mol. The topological polar surface area (TPSA) is 73.6 Å². The summed E-state index contributed by atoms with van der Waals surface area (Å²) in [6.45, 7) is 0.948. The normalized spacial score (nSPS) is 15.5. The average Bonchev–Trinajstić information content (AvgIpc) is 3.15. The Kier molecular flexibility index (Phi) is 4.01. The zero-order valence-corrected chi connectivity index (χ0v) is 14.7. The Morgan fingerprint density at radius 3 is 2.71 bits per heavy atom. The number of benzene rings is 2. The molecule has 0 aliphatic carbocycles. The molecule has 7 nitrogen and oxygen atoms in total. The first-order valence-electron chi connectivity index (χ1n) is 8.88. The molecule has 140 valence electrons. The molecule has 5 rings (SSSR count). The number of anilines is 1. The first-order valence-corrected chi connectivity index (χ1v) is 8.88. The van der Waals surface area contributed by atoms with Gasteiger partial charge in [-0.05, 0) is 36.4 Å². The van der Waals surface area contributed by atoms with Gasteiger partial charge in [0.1, 0.15) is 24.3 Å². The maximum absolute atomic E-state index is 14.1. The van der Waals surface area contributed by atoms with Gasteiger partial charge in [-0.3, -0.25) is 0 Å². The molecule has 0 saturated carbocycles. The van der Waals surface area contributed by atoms with Crippen molar-refractivity contribution in [2.45, 2.75) is 6.10 Å². The molecule has 0 fully saturated rings. The van der Waals surface area contributed by atoms with Crippen LogP contribution in [0, 0.1) is 5.82 Å². The highest BCUT2D eigenvalue weighted by molar-refractivity contribution is 5.60. The predicted octanol–water partition coefficient (Wildman–Crippen LogP) is 3.18. The third-order valence-corrected chi connectivity index (χ3v) is 4.46. The van der Waals surface area contributed by atoms with Crippen molar-refractivity contribution in [1.82, 2.24) is 19.8 Å². The van der Waals surface area contributed by atoms with Gasteiger partial charge >= 0.3 is 0 Å². The van der Waals surface area contributed by atoms with Gasteiger partial charge in [-0.1, -0.05) is 24.3 Å². The summed E-state index contributed by atoms with van der Waals surface area (Å²) < 4.78 is 27.3. The SMILES string of the molecule is Fc1ccccc1-c1nnc2ccc(NCC3COc4ccccc4O3)nn12. The summed E-state index contributed by atoms with van der Waals surface area (Å²) in [4.78, 5) is 0. The summed E-state index contributed by atoms with van der Waals surface area (Å²) in [6.07, 6.45) is -0.153. The van der Waals surface area contributed by atoms with Crippen molar-refractivity contribution < 1.29 is 13.9 Å². The molecule has 0 spiro atoms. The van der Waals surface area contributed by atoms with E-state index in [0.29, 0.717) is 36.0 Å². The highest BCUT2D eigenvalue weighted by Crippen LogP contribution is 2.30. The second-order valence-corrected chi connectivity index (χ2v) is 6.37. The standard InChI is InChI=1S/C20H16FN5O2/c21-15-6-2-1-5-14(15)20-24-23-19-10-9-18(25-26(19)20)22-11-13-12-27-16-7-3-4-8-17(16)28-13/h1-10,13H,11-12H2,(H,22,25). The number of para-hydroxylation sites is 2. The zero-order valence-electron chi connectivity index (χ0n) is 14.7. The smallest absolute Gasteiger partial charge is 0.188 e. The Bertz CT molecular complexity index is 1150. The predicted molar refractivity (Wildman–Crippen MR) is 101 cm³/mol. The van der Waals surface area contributed by atoms with Gasteiger partial charge in [-0.15, -0.1) is 15.3 Å². The summed E-state index contributed by atoms with van der Waals surface area (Å²) >= 11 is 0. The minimum atomic E-state index is -0.372. The van der Waals surface area contributed by atoms with Crippen LogP contribution in [0.3, 0.4) is 0 Å². The summed E-state index contributed by atoms with van der Waals surface area (Å²) in [5.74, 6) is 2.06. The summed E-state index contributed by atoms with van der Waals surface area (Å²) in [6, 6.07) is 17.6. The Labute approximate surface area is 159 Å². The van der Waals surface area contributed by atoms with E-state index >= 15 is 0 Å². The van der Waals surface area contributed by atoms with E-state index in [2.05, 4.69) is 20.6 Å². The lowest BCUT2D eigenvalue weighted by atomic mass is 10.2. The first kappa shape index (κ1) is 16.5. The number of hydrogen-bond acceptors (Lipinski definition) is 6. The van der Waals surface area contributed by atoms with Crippen molar-refractivity contribution >= 4 is 11.5 Å². The van der Waals surface area contributed by atoms with Crippen molar-refractivity contribution in [1.29, 1.82) is 0 Å². The fourth-order valence-corrected chi connectivity index (χ4v) is 3.08. The zero-order chi connectivity index (χ0) is 18.9. The number of hydrogen-bond donors (Lipinski definition) is 1. The van der Waals surface area contributed by atoms with E-state index in [0.717, 1.165) is 11.5 Å². The molecule has 8 heteroatoms. The molecule has 1 unspecified atom stereocenters. The van der Waals surface area contributed by atoms with Gasteiger partial charge in [-0.2, -0.15) is 4.52 Å². The lowest BCUT2D eigenvalue weighted by Gasteiger charge is -2.26. The molecule has 1 N–H and O–H groups in total. The minimum Gasteiger partial charge on any atom is -0.486 e. The van der Waals surface area contributed by atoms with Crippen molar-refractivity contribution in [3.63, 3.8) is 0 Å². The molecule has 28 heavy (non-hydrogen) atoms. The van der Waals surface area contributed by atoms with Crippen molar-refractivity contribution in [2.24, 2.45) is 0 Å². The molecule has 1 atom stereocenters. The Hall–Kier alpha value is -3.68. The van der Waals surface area contributed by atoms with Crippen LogP contribution < -0.4 is 14.8 Å².